The van der Waals surface area contributed by atoms with E-state index in [2.05, 4.69) is 34.7 Å². The van der Waals surface area contributed by atoms with Crippen LogP contribution in [0.3, 0.4) is 0 Å². The van der Waals surface area contributed by atoms with Crippen molar-refractivity contribution in [2.75, 3.05) is 11.9 Å². The predicted octanol–water partition coefficient (Wildman–Crippen LogP) is 2.90. The molecule has 5 nitrogen and oxygen atoms in total. The van der Waals surface area contributed by atoms with Crippen molar-refractivity contribution in [2.24, 2.45) is 10.7 Å². The molecule has 0 bridgehead atoms. The van der Waals surface area contributed by atoms with Crippen molar-refractivity contribution in [2.45, 2.75) is 46.1 Å². The Morgan fingerprint density at radius 1 is 1.27 bits per heavy atom. The molecule has 0 spiro atoms. The Labute approximate surface area is 150 Å². The average molecular weight is 418 g/mol. The van der Waals surface area contributed by atoms with Crippen LogP contribution in [0.15, 0.2) is 29.3 Å². The number of hydrogen-bond acceptors (Lipinski definition) is 2. The van der Waals surface area contributed by atoms with E-state index < -0.39 is 0 Å². The van der Waals surface area contributed by atoms with Crippen molar-refractivity contribution in [1.29, 1.82) is 0 Å². The quantitative estimate of drug-likeness (QED) is 0.362. The van der Waals surface area contributed by atoms with E-state index in [0.29, 0.717) is 18.9 Å². The van der Waals surface area contributed by atoms with Crippen molar-refractivity contribution < 1.29 is 4.79 Å². The molecule has 0 aromatic heterocycles. The third-order valence-corrected chi connectivity index (χ3v) is 3.28. The molecule has 0 aliphatic carbocycles. The lowest BCUT2D eigenvalue weighted by Crippen LogP contribution is -2.32. The van der Waals surface area contributed by atoms with Crippen molar-refractivity contribution in [3.05, 3.63) is 29.8 Å². The molecule has 0 heterocycles. The van der Waals surface area contributed by atoms with Gasteiger partial charge in [0.25, 0.3) is 0 Å². The number of carbonyl (C=O) groups excluding carboxylic acids is 1. The van der Waals surface area contributed by atoms with Gasteiger partial charge in [-0.1, -0.05) is 26.0 Å². The minimum Gasteiger partial charge on any atom is -0.370 e. The van der Waals surface area contributed by atoms with Gasteiger partial charge in [-0.25, -0.2) is 0 Å². The fourth-order valence-electron chi connectivity index (χ4n) is 1.74. The van der Waals surface area contributed by atoms with Gasteiger partial charge in [-0.15, -0.1) is 24.0 Å². The zero-order valence-corrected chi connectivity index (χ0v) is 15.9. The number of benzene rings is 1. The lowest BCUT2D eigenvalue weighted by Gasteiger charge is -2.10. The van der Waals surface area contributed by atoms with Gasteiger partial charge >= 0.3 is 0 Å². The Hall–Kier alpha value is -1.31. The first-order valence-corrected chi connectivity index (χ1v) is 7.50. The van der Waals surface area contributed by atoms with Gasteiger partial charge in [0, 0.05) is 18.2 Å². The van der Waals surface area contributed by atoms with E-state index in [1.54, 1.807) is 0 Å². The van der Waals surface area contributed by atoms with Gasteiger partial charge in [-0.3, -0.25) is 9.79 Å². The smallest absolute Gasteiger partial charge is 0.222 e. The van der Waals surface area contributed by atoms with E-state index in [1.807, 2.05) is 26.0 Å². The Morgan fingerprint density at radius 2 is 1.91 bits per heavy atom. The number of amides is 1. The van der Waals surface area contributed by atoms with Gasteiger partial charge in [0.2, 0.25) is 5.91 Å². The van der Waals surface area contributed by atoms with E-state index in [9.17, 15) is 4.79 Å². The third-order valence-electron chi connectivity index (χ3n) is 3.28. The van der Waals surface area contributed by atoms with Crippen molar-refractivity contribution in [1.82, 2.24) is 5.32 Å². The number of halogens is 1. The number of nitrogens with two attached hydrogens (primary N) is 1. The molecule has 0 saturated heterocycles. The Balaban J connectivity index is 0.00000441. The second kappa shape index (κ2) is 11.3. The van der Waals surface area contributed by atoms with Crippen molar-refractivity contribution in [3.8, 4) is 0 Å². The van der Waals surface area contributed by atoms with E-state index in [0.717, 1.165) is 18.5 Å². The van der Waals surface area contributed by atoms with E-state index >= 15 is 0 Å². The van der Waals surface area contributed by atoms with E-state index in [-0.39, 0.29) is 35.9 Å². The summed E-state index contributed by atoms with van der Waals surface area (Å²) in [6, 6.07) is 8.24. The second-order valence-electron chi connectivity index (χ2n) is 5.07. The van der Waals surface area contributed by atoms with Gasteiger partial charge in [0.05, 0.1) is 6.54 Å². The molecule has 0 aliphatic heterocycles. The molecule has 1 atom stereocenters. The second-order valence-corrected chi connectivity index (χ2v) is 5.07. The van der Waals surface area contributed by atoms with E-state index in [4.69, 9.17) is 5.73 Å². The number of rotatable bonds is 7. The number of aliphatic imine (C=N–C) groups is 1. The molecule has 1 aromatic carbocycles. The number of nitrogens with one attached hydrogen (secondary N) is 2. The lowest BCUT2D eigenvalue weighted by molar-refractivity contribution is -0.121. The van der Waals surface area contributed by atoms with Crippen LogP contribution in [0.2, 0.25) is 0 Å². The monoisotopic (exact) mass is 418 g/mol. The summed E-state index contributed by atoms with van der Waals surface area (Å²) < 4.78 is 0. The number of nitrogens with zero attached hydrogens (tertiary/aromatic N) is 1. The van der Waals surface area contributed by atoms with Crippen LogP contribution in [0.1, 0.15) is 39.2 Å². The highest BCUT2D eigenvalue weighted by molar-refractivity contribution is 14.0. The van der Waals surface area contributed by atoms with Crippen LogP contribution in [-0.4, -0.2) is 24.5 Å². The summed E-state index contributed by atoms with van der Waals surface area (Å²) in [4.78, 5) is 15.7. The first-order chi connectivity index (χ1) is 10.0. The summed E-state index contributed by atoms with van der Waals surface area (Å²) in [7, 11) is 0. The lowest BCUT2D eigenvalue weighted by atomic mass is 10.1. The molecule has 0 fully saturated rings. The van der Waals surface area contributed by atoms with Crippen LogP contribution >= 0.6 is 24.0 Å². The number of anilines is 1. The highest BCUT2D eigenvalue weighted by atomic mass is 127. The van der Waals surface area contributed by atoms with Gasteiger partial charge in [0.15, 0.2) is 5.96 Å². The summed E-state index contributed by atoms with van der Waals surface area (Å²) in [5.74, 6) is 0.337. The number of guanidine groups is 1. The topological polar surface area (TPSA) is 79.5 Å². The molecule has 0 saturated carbocycles. The maximum absolute atomic E-state index is 11.6. The van der Waals surface area contributed by atoms with Crippen LogP contribution in [-0.2, 0) is 11.2 Å². The summed E-state index contributed by atoms with van der Waals surface area (Å²) in [5.41, 5.74) is 7.97. The molecular weight excluding hydrogens is 391 g/mol. The molecule has 1 unspecified atom stereocenters. The number of aryl methyl sites for hydroxylation is 1. The maximum atomic E-state index is 11.6. The maximum Gasteiger partial charge on any atom is 0.222 e. The number of carbonyl (C=O) groups is 1. The summed E-state index contributed by atoms with van der Waals surface area (Å²) >= 11 is 0. The van der Waals surface area contributed by atoms with Gasteiger partial charge < -0.3 is 16.4 Å². The molecule has 0 aliphatic rings. The SMILES string of the molecule is CCc1ccc(NC(N)=NCCC(=O)NC(C)CC)cc1.I. The van der Waals surface area contributed by atoms with Crippen molar-refractivity contribution >= 4 is 41.5 Å². The Morgan fingerprint density at radius 3 is 2.45 bits per heavy atom. The molecule has 0 radical (unpaired) electrons. The normalized spacial score (nSPS) is 12.2. The number of hydrogen-bond donors (Lipinski definition) is 3. The minimum atomic E-state index is 0. The van der Waals surface area contributed by atoms with Gasteiger partial charge in [-0.05, 0) is 37.5 Å². The molecule has 1 rings (SSSR count). The molecule has 124 valence electrons. The highest BCUT2D eigenvalue weighted by Gasteiger charge is 2.04. The van der Waals surface area contributed by atoms with Gasteiger partial charge in [-0.2, -0.15) is 0 Å². The van der Waals surface area contributed by atoms with Crippen molar-refractivity contribution in [3.63, 3.8) is 0 Å². The largest absolute Gasteiger partial charge is 0.370 e. The van der Waals surface area contributed by atoms with Crippen LogP contribution in [0, 0.1) is 0 Å². The van der Waals surface area contributed by atoms with Gasteiger partial charge in [0.1, 0.15) is 0 Å². The first kappa shape index (κ1) is 20.7. The average Bonchev–Trinajstić information content (AvgIpc) is 2.47. The van der Waals surface area contributed by atoms with Crippen LogP contribution in [0.5, 0.6) is 0 Å². The fraction of sp³-hybridized carbons (Fsp3) is 0.500. The molecule has 1 amide bonds. The molecule has 6 heteroatoms. The molecular formula is C16H27IN4O. The minimum absolute atomic E-state index is 0. The van der Waals surface area contributed by atoms with Crippen LogP contribution in [0.4, 0.5) is 5.69 Å². The summed E-state index contributed by atoms with van der Waals surface area (Å²) in [5, 5.41) is 5.91. The Kier molecular flexibility index (Phi) is 10.6. The standard InChI is InChI=1S/C16H26N4O.HI/c1-4-12(3)19-15(21)10-11-18-16(17)20-14-8-6-13(5-2)7-9-14;/h6-9,12H,4-5,10-11H2,1-3H3,(H,19,21)(H3,17,18,20);1H. The van der Waals surface area contributed by atoms with Crippen LogP contribution < -0.4 is 16.4 Å². The Bertz CT molecular complexity index is 474. The molecule has 22 heavy (non-hydrogen) atoms. The van der Waals surface area contributed by atoms with E-state index in [1.165, 1.54) is 5.56 Å². The zero-order valence-electron chi connectivity index (χ0n) is 13.6. The predicted molar refractivity (Wildman–Crippen MR) is 104 cm³/mol. The zero-order chi connectivity index (χ0) is 15.7. The fourth-order valence-corrected chi connectivity index (χ4v) is 1.74. The first-order valence-electron chi connectivity index (χ1n) is 7.50. The molecule has 1 aromatic rings. The summed E-state index contributed by atoms with van der Waals surface area (Å²) in [6.45, 7) is 6.52. The summed E-state index contributed by atoms with van der Waals surface area (Å²) in [6.07, 6.45) is 2.28. The third kappa shape index (κ3) is 8.21. The highest BCUT2D eigenvalue weighted by Crippen LogP contribution is 2.09. The van der Waals surface area contributed by atoms with Crippen LogP contribution in [0.25, 0.3) is 0 Å². The molecule has 4 N–H and O–H groups in total.